The van der Waals surface area contributed by atoms with Gasteiger partial charge in [0.2, 0.25) is 10.0 Å². The van der Waals surface area contributed by atoms with Crippen LogP contribution in [0, 0.1) is 0 Å². The third kappa shape index (κ3) is 4.33. The monoisotopic (exact) mass is 405 g/mol. The van der Waals surface area contributed by atoms with Gasteiger partial charge in [-0.05, 0) is 36.2 Å². The zero-order valence-corrected chi connectivity index (χ0v) is 16.5. The molecular weight excluding hydrogens is 386 g/mol. The third-order valence-electron chi connectivity index (χ3n) is 4.39. The fourth-order valence-electron chi connectivity index (χ4n) is 2.86. The first-order valence-electron chi connectivity index (χ1n) is 9.07. The van der Waals surface area contributed by atoms with E-state index in [4.69, 9.17) is 0 Å². The summed E-state index contributed by atoms with van der Waals surface area (Å²) in [6.45, 7) is 1.59. The van der Waals surface area contributed by atoms with Crippen LogP contribution in [0.2, 0.25) is 0 Å². The lowest BCUT2D eigenvalue weighted by Crippen LogP contribution is -2.14. The second-order valence-electron chi connectivity index (χ2n) is 6.41. The first-order valence-corrected chi connectivity index (χ1v) is 10.7. The van der Waals surface area contributed by atoms with Gasteiger partial charge < -0.3 is 4.98 Å². The Morgan fingerprint density at radius 3 is 2.55 bits per heavy atom. The summed E-state index contributed by atoms with van der Waals surface area (Å²) in [5.41, 5.74) is 4.70. The van der Waals surface area contributed by atoms with Crippen LogP contribution in [0.5, 0.6) is 0 Å². The summed E-state index contributed by atoms with van der Waals surface area (Å²) in [5.74, 6) is 0.653. The van der Waals surface area contributed by atoms with Crippen LogP contribution >= 0.6 is 0 Å². The summed E-state index contributed by atoms with van der Waals surface area (Å²) in [5, 5.41) is 0. The second kappa shape index (κ2) is 7.84. The number of hydrogen-bond acceptors (Lipinski definition) is 5. The number of pyridine rings is 2. The SMILES string of the molecule is CCS(=O)(=O)Nc1cncc(-c2ccnc(-c3ncc(-c4ccccc4)[nH]3)c2)c1. The molecule has 1 aromatic carbocycles. The van der Waals surface area contributed by atoms with E-state index in [1.807, 2.05) is 42.5 Å². The smallest absolute Gasteiger partial charge is 0.232 e. The van der Waals surface area contributed by atoms with Gasteiger partial charge in [-0.15, -0.1) is 0 Å². The summed E-state index contributed by atoms with van der Waals surface area (Å²) >= 11 is 0. The Morgan fingerprint density at radius 2 is 1.76 bits per heavy atom. The highest BCUT2D eigenvalue weighted by molar-refractivity contribution is 7.92. The molecule has 0 unspecified atom stereocenters. The predicted octanol–water partition coefficient (Wildman–Crippen LogP) is 3.96. The molecule has 0 aliphatic heterocycles. The molecule has 0 saturated heterocycles. The number of nitrogens with one attached hydrogen (secondary N) is 2. The molecule has 0 aliphatic carbocycles. The Hall–Kier alpha value is -3.52. The molecule has 4 aromatic rings. The van der Waals surface area contributed by atoms with Gasteiger partial charge in [0.25, 0.3) is 0 Å². The fourth-order valence-corrected chi connectivity index (χ4v) is 3.48. The molecule has 29 heavy (non-hydrogen) atoms. The lowest BCUT2D eigenvalue weighted by Gasteiger charge is -2.08. The Kier molecular flexibility index (Phi) is 5.09. The number of rotatable bonds is 6. The van der Waals surface area contributed by atoms with Crippen LogP contribution in [0.1, 0.15) is 6.92 Å². The molecule has 4 rings (SSSR count). The topological polar surface area (TPSA) is 101 Å². The number of sulfonamides is 1. The molecule has 3 heterocycles. The minimum absolute atomic E-state index is 0.00112. The van der Waals surface area contributed by atoms with Gasteiger partial charge in [0.05, 0.1) is 29.5 Å². The molecular formula is C21H19N5O2S. The van der Waals surface area contributed by atoms with Crippen LogP contribution in [0.4, 0.5) is 5.69 Å². The number of aromatic nitrogens is 4. The zero-order chi connectivity index (χ0) is 20.3. The highest BCUT2D eigenvalue weighted by Crippen LogP contribution is 2.26. The van der Waals surface area contributed by atoms with Gasteiger partial charge in [0.15, 0.2) is 5.82 Å². The van der Waals surface area contributed by atoms with Crippen molar-refractivity contribution in [1.82, 2.24) is 19.9 Å². The molecule has 0 amide bonds. The van der Waals surface area contributed by atoms with E-state index in [0.717, 1.165) is 22.4 Å². The number of hydrogen-bond donors (Lipinski definition) is 2. The van der Waals surface area contributed by atoms with Crippen molar-refractivity contribution < 1.29 is 8.42 Å². The molecule has 0 bridgehead atoms. The van der Waals surface area contributed by atoms with E-state index < -0.39 is 10.0 Å². The van der Waals surface area contributed by atoms with Gasteiger partial charge in [0.1, 0.15) is 5.69 Å². The van der Waals surface area contributed by atoms with Crippen LogP contribution < -0.4 is 4.72 Å². The van der Waals surface area contributed by atoms with E-state index in [1.165, 1.54) is 6.20 Å². The van der Waals surface area contributed by atoms with Gasteiger partial charge >= 0.3 is 0 Å². The minimum atomic E-state index is -3.36. The molecule has 0 aliphatic rings. The maximum absolute atomic E-state index is 11.8. The van der Waals surface area contributed by atoms with Crippen molar-refractivity contribution in [2.24, 2.45) is 0 Å². The number of imidazole rings is 1. The van der Waals surface area contributed by atoms with Crippen molar-refractivity contribution >= 4 is 15.7 Å². The van der Waals surface area contributed by atoms with Crippen LogP contribution in [-0.2, 0) is 10.0 Å². The number of nitrogens with zero attached hydrogens (tertiary/aromatic N) is 3. The molecule has 0 fully saturated rings. The lowest BCUT2D eigenvalue weighted by molar-refractivity contribution is 0.602. The van der Waals surface area contributed by atoms with Crippen LogP contribution in [0.25, 0.3) is 33.9 Å². The summed E-state index contributed by atoms with van der Waals surface area (Å²) in [7, 11) is -3.36. The van der Waals surface area contributed by atoms with E-state index in [0.29, 0.717) is 17.2 Å². The number of H-pyrrole nitrogens is 1. The Balaban J connectivity index is 1.64. The fraction of sp³-hybridized carbons (Fsp3) is 0.0952. The van der Waals surface area contributed by atoms with Crippen molar-refractivity contribution in [3.05, 3.63) is 73.3 Å². The van der Waals surface area contributed by atoms with Crippen molar-refractivity contribution in [2.45, 2.75) is 6.92 Å². The summed E-state index contributed by atoms with van der Waals surface area (Å²) in [6, 6.07) is 15.4. The van der Waals surface area contributed by atoms with Gasteiger partial charge in [-0.3, -0.25) is 14.7 Å². The van der Waals surface area contributed by atoms with E-state index in [1.54, 1.807) is 31.6 Å². The highest BCUT2D eigenvalue weighted by Gasteiger charge is 2.11. The van der Waals surface area contributed by atoms with Crippen LogP contribution in [0.3, 0.4) is 0 Å². The zero-order valence-electron chi connectivity index (χ0n) is 15.7. The first-order chi connectivity index (χ1) is 14.0. The van der Waals surface area contributed by atoms with Crippen LogP contribution in [-0.4, -0.2) is 34.1 Å². The average molecular weight is 405 g/mol. The predicted molar refractivity (Wildman–Crippen MR) is 114 cm³/mol. The van der Waals surface area contributed by atoms with Crippen molar-refractivity contribution in [1.29, 1.82) is 0 Å². The van der Waals surface area contributed by atoms with Crippen molar-refractivity contribution in [3.63, 3.8) is 0 Å². The Morgan fingerprint density at radius 1 is 0.931 bits per heavy atom. The maximum atomic E-state index is 11.8. The Labute approximate surface area is 169 Å². The molecule has 0 radical (unpaired) electrons. The van der Waals surface area contributed by atoms with Gasteiger partial charge in [-0.1, -0.05) is 30.3 Å². The molecule has 2 N–H and O–H groups in total. The van der Waals surface area contributed by atoms with Crippen LogP contribution in [0.15, 0.2) is 73.3 Å². The highest BCUT2D eigenvalue weighted by atomic mass is 32.2. The maximum Gasteiger partial charge on any atom is 0.232 e. The summed E-state index contributed by atoms with van der Waals surface area (Å²) in [4.78, 5) is 16.3. The average Bonchev–Trinajstić information content (AvgIpc) is 3.25. The molecule has 3 aromatic heterocycles. The molecule has 0 spiro atoms. The number of benzene rings is 1. The lowest BCUT2D eigenvalue weighted by atomic mass is 10.1. The van der Waals surface area contributed by atoms with Crippen molar-refractivity contribution in [3.8, 4) is 33.9 Å². The summed E-state index contributed by atoms with van der Waals surface area (Å²) in [6.07, 6.45) is 6.64. The van der Waals surface area contributed by atoms with Gasteiger partial charge in [-0.25, -0.2) is 13.4 Å². The molecule has 8 heteroatoms. The minimum Gasteiger partial charge on any atom is -0.337 e. The molecule has 7 nitrogen and oxygen atoms in total. The van der Waals surface area contributed by atoms with E-state index in [-0.39, 0.29) is 5.75 Å². The summed E-state index contributed by atoms with van der Waals surface area (Å²) < 4.78 is 26.1. The second-order valence-corrected chi connectivity index (χ2v) is 8.42. The number of anilines is 1. The largest absolute Gasteiger partial charge is 0.337 e. The third-order valence-corrected chi connectivity index (χ3v) is 5.69. The van der Waals surface area contributed by atoms with E-state index in [9.17, 15) is 8.42 Å². The molecule has 0 atom stereocenters. The van der Waals surface area contributed by atoms with Gasteiger partial charge in [-0.2, -0.15) is 0 Å². The number of aromatic amines is 1. The molecule has 146 valence electrons. The standard InChI is InChI=1S/C21H19N5O2S/c1-2-29(27,28)26-18-10-17(12-22-13-18)16-8-9-23-19(11-16)21-24-14-20(25-21)15-6-4-3-5-7-15/h3-14,26H,2H2,1H3,(H,24,25). The first kappa shape index (κ1) is 18.8. The quantitative estimate of drug-likeness (QED) is 0.506. The van der Waals surface area contributed by atoms with Crippen molar-refractivity contribution in [2.75, 3.05) is 10.5 Å². The van der Waals surface area contributed by atoms with Gasteiger partial charge in [0, 0.05) is 18.0 Å². The van der Waals surface area contributed by atoms with E-state index in [2.05, 4.69) is 24.7 Å². The molecule has 0 saturated carbocycles. The normalized spacial score (nSPS) is 11.3. The van der Waals surface area contributed by atoms with E-state index >= 15 is 0 Å². The Bertz CT molecular complexity index is 1240.